The van der Waals surface area contributed by atoms with Crippen LogP contribution in [0.4, 0.5) is 0 Å². The van der Waals surface area contributed by atoms with Crippen molar-refractivity contribution in [3.05, 3.63) is 29.8 Å². The third kappa shape index (κ3) is 3.70. The predicted octanol–water partition coefficient (Wildman–Crippen LogP) is 1.91. The van der Waals surface area contributed by atoms with Crippen LogP contribution in [-0.4, -0.2) is 43.6 Å². The Balaban J connectivity index is 1.93. The van der Waals surface area contributed by atoms with Gasteiger partial charge in [-0.05, 0) is 50.6 Å². The molecule has 0 aliphatic carbocycles. The lowest BCUT2D eigenvalue weighted by Gasteiger charge is -2.21. The van der Waals surface area contributed by atoms with E-state index in [0.29, 0.717) is 18.2 Å². The smallest absolute Gasteiger partial charge is 0.253 e. The molecule has 1 aliphatic heterocycles. The standard InChI is InChI=1S/C15H22N2O2/c1-3-19-14-8-6-12(7-9-14)15(18)17(2)11-13-5-4-10-16-13/h6-9,13,16H,3-5,10-11H2,1-2H3. The molecule has 4 nitrogen and oxygen atoms in total. The van der Waals surface area contributed by atoms with Crippen molar-refractivity contribution in [3.63, 3.8) is 0 Å². The summed E-state index contributed by atoms with van der Waals surface area (Å²) in [5.41, 5.74) is 0.712. The van der Waals surface area contributed by atoms with Crippen LogP contribution in [-0.2, 0) is 0 Å². The highest BCUT2D eigenvalue weighted by atomic mass is 16.5. The normalized spacial score (nSPS) is 18.3. The highest BCUT2D eigenvalue weighted by Gasteiger charge is 2.19. The third-order valence-electron chi connectivity index (χ3n) is 3.42. The predicted molar refractivity (Wildman–Crippen MR) is 75.6 cm³/mol. The molecule has 1 heterocycles. The number of carbonyl (C=O) groups is 1. The molecule has 2 rings (SSSR count). The fraction of sp³-hybridized carbons (Fsp3) is 0.533. The van der Waals surface area contributed by atoms with Gasteiger partial charge in [-0.1, -0.05) is 0 Å². The number of hydrogen-bond donors (Lipinski definition) is 1. The Morgan fingerprint density at radius 3 is 2.74 bits per heavy atom. The number of carbonyl (C=O) groups excluding carboxylic acids is 1. The number of likely N-dealkylation sites (N-methyl/N-ethyl adjacent to an activating group) is 1. The molecule has 1 saturated heterocycles. The SMILES string of the molecule is CCOc1ccc(C(=O)N(C)CC2CCCN2)cc1. The lowest BCUT2D eigenvalue weighted by atomic mass is 10.1. The minimum Gasteiger partial charge on any atom is -0.494 e. The maximum Gasteiger partial charge on any atom is 0.253 e. The molecule has 1 aromatic rings. The first-order chi connectivity index (χ1) is 9.20. The Labute approximate surface area is 114 Å². The molecule has 1 amide bonds. The van der Waals surface area contributed by atoms with Gasteiger partial charge in [0.1, 0.15) is 5.75 Å². The molecule has 1 N–H and O–H groups in total. The van der Waals surface area contributed by atoms with Gasteiger partial charge in [-0.25, -0.2) is 0 Å². The zero-order valence-electron chi connectivity index (χ0n) is 11.7. The second-order valence-electron chi connectivity index (χ2n) is 4.94. The number of nitrogens with zero attached hydrogens (tertiary/aromatic N) is 1. The molecule has 19 heavy (non-hydrogen) atoms. The van der Waals surface area contributed by atoms with Crippen LogP contribution in [0.1, 0.15) is 30.1 Å². The van der Waals surface area contributed by atoms with Crippen LogP contribution in [0.25, 0.3) is 0 Å². The zero-order valence-corrected chi connectivity index (χ0v) is 11.7. The summed E-state index contributed by atoms with van der Waals surface area (Å²) in [6.07, 6.45) is 2.36. The Bertz CT molecular complexity index is 411. The molecule has 0 aromatic heterocycles. The summed E-state index contributed by atoms with van der Waals surface area (Å²) in [5.74, 6) is 0.871. The Kier molecular flexibility index (Phi) is 4.80. The van der Waals surface area contributed by atoms with Crippen LogP contribution in [0.5, 0.6) is 5.75 Å². The van der Waals surface area contributed by atoms with E-state index in [1.54, 1.807) is 4.90 Å². The van der Waals surface area contributed by atoms with E-state index in [1.165, 1.54) is 6.42 Å². The second kappa shape index (κ2) is 6.57. The summed E-state index contributed by atoms with van der Waals surface area (Å²) in [5, 5.41) is 3.41. The van der Waals surface area contributed by atoms with E-state index in [0.717, 1.165) is 25.3 Å². The maximum absolute atomic E-state index is 12.3. The summed E-state index contributed by atoms with van der Waals surface area (Å²) in [7, 11) is 1.86. The van der Waals surface area contributed by atoms with Gasteiger partial charge in [0.2, 0.25) is 0 Å². The highest BCUT2D eigenvalue weighted by molar-refractivity contribution is 5.94. The van der Waals surface area contributed by atoms with E-state index in [2.05, 4.69) is 5.32 Å². The summed E-state index contributed by atoms with van der Waals surface area (Å²) in [6, 6.07) is 7.78. The van der Waals surface area contributed by atoms with Crippen molar-refractivity contribution in [2.24, 2.45) is 0 Å². The molecular weight excluding hydrogens is 240 g/mol. The van der Waals surface area contributed by atoms with Gasteiger partial charge < -0.3 is 15.0 Å². The van der Waals surface area contributed by atoms with Gasteiger partial charge >= 0.3 is 0 Å². The molecule has 1 aromatic carbocycles. The van der Waals surface area contributed by atoms with Crippen LogP contribution in [0.2, 0.25) is 0 Å². The summed E-state index contributed by atoms with van der Waals surface area (Å²) >= 11 is 0. The number of rotatable bonds is 5. The maximum atomic E-state index is 12.3. The van der Waals surface area contributed by atoms with Crippen LogP contribution >= 0.6 is 0 Å². The van der Waals surface area contributed by atoms with E-state index < -0.39 is 0 Å². The Hall–Kier alpha value is -1.55. The largest absolute Gasteiger partial charge is 0.494 e. The number of benzene rings is 1. The van der Waals surface area contributed by atoms with E-state index in [-0.39, 0.29) is 5.91 Å². The van der Waals surface area contributed by atoms with Crippen LogP contribution < -0.4 is 10.1 Å². The van der Waals surface area contributed by atoms with Gasteiger partial charge in [0.05, 0.1) is 6.61 Å². The fourth-order valence-electron chi connectivity index (χ4n) is 2.41. The number of nitrogens with one attached hydrogen (secondary N) is 1. The van der Waals surface area contributed by atoms with E-state index in [9.17, 15) is 4.79 Å². The quantitative estimate of drug-likeness (QED) is 0.881. The van der Waals surface area contributed by atoms with Crippen molar-refractivity contribution in [3.8, 4) is 5.75 Å². The van der Waals surface area contributed by atoms with Gasteiger partial charge in [0.15, 0.2) is 0 Å². The van der Waals surface area contributed by atoms with Gasteiger partial charge in [0, 0.05) is 25.2 Å². The van der Waals surface area contributed by atoms with Crippen molar-refractivity contribution in [1.29, 1.82) is 0 Å². The average Bonchev–Trinajstić information content (AvgIpc) is 2.92. The molecule has 4 heteroatoms. The summed E-state index contributed by atoms with van der Waals surface area (Å²) in [6.45, 7) is 4.42. The van der Waals surface area contributed by atoms with Gasteiger partial charge in [-0.15, -0.1) is 0 Å². The van der Waals surface area contributed by atoms with Crippen molar-refractivity contribution < 1.29 is 9.53 Å². The number of amides is 1. The first-order valence-corrected chi connectivity index (χ1v) is 6.92. The van der Waals surface area contributed by atoms with Gasteiger partial charge in [0.25, 0.3) is 5.91 Å². The van der Waals surface area contributed by atoms with Gasteiger partial charge in [-0.2, -0.15) is 0 Å². The fourth-order valence-corrected chi connectivity index (χ4v) is 2.41. The molecule has 104 valence electrons. The first-order valence-electron chi connectivity index (χ1n) is 6.92. The van der Waals surface area contributed by atoms with Crippen molar-refractivity contribution >= 4 is 5.91 Å². The summed E-state index contributed by atoms with van der Waals surface area (Å²) < 4.78 is 5.37. The molecule has 1 aliphatic rings. The van der Waals surface area contributed by atoms with Crippen molar-refractivity contribution in [2.45, 2.75) is 25.8 Å². The minimum absolute atomic E-state index is 0.0664. The molecular formula is C15H22N2O2. The molecule has 1 fully saturated rings. The molecule has 0 bridgehead atoms. The minimum atomic E-state index is 0.0664. The van der Waals surface area contributed by atoms with E-state index in [4.69, 9.17) is 4.74 Å². The topological polar surface area (TPSA) is 41.6 Å². The summed E-state index contributed by atoms with van der Waals surface area (Å²) in [4.78, 5) is 14.0. The first kappa shape index (κ1) is 13.9. The number of hydrogen-bond acceptors (Lipinski definition) is 3. The molecule has 1 atom stereocenters. The Morgan fingerprint density at radius 2 is 2.16 bits per heavy atom. The Morgan fingerprint density at radius 1 is 1.42 bits per heavy atom. The number of ether oxygens (including phenoxy) is 1. The van der Waals surface area contributed by atoms with Crippen LogP contribution in [0.15, 0.2) is 24.3 Å². The van der Waals surface area contributed by atoms with E-state index >= 15 is 0 Å². The highest BCUT2D eigenvalue weighted by Crippen LogP contribution is 2.14. The lowest BCUT2D eigenvalue weighted by Crippen LogP contribution is -2.38. The molecule has 1 unspecified atom stereocenters. The molecule has 0 saturated carbocycles. The monoisotopic (exact) mass is 262 g/mol. The average molecular weight is 262 g/mol. The second-order valence-corrected chi connectivity index (χ2v) is 4.94. The third-order valence-corrected chi connectivity index (χ3v) is 3.42. The van der Waals surface area contributed by atoms with Crippen LogP contribution in [0.3, 0.4) is 0 Å². The van der Waals surface area contributed by atoms with Crippen LogP contribution in [0, 0.1) is 0 Å². The molecule has 0 radical (unpaired) electrons. The molecule has 0 spiro atoms. The zero-order chi connectivity index (χ0) is 13.7. The van der Waals surface area contributed by atoms with E-state index in [1.807, 2.05) is 38.2 Å². The van der Waals surface area contributed by atoms with Crippen molar-refractivity contribution in [2.75, 3.05) is 26.7 Å². The van der Waals surface area contributed by atoms with Crippen molar-refractivity contribution in [1.82, 2.24) is 10.2 Å². The lowest BCUT2D eigenvalue weighted by molar-refractivity contribution is 0.0784. The van der Waals surface area contributed by atoms with Gasteiger partial charge in [-0.3, -0.25) is 4.79 Å².